The molecule has 3 aromatic rings. The van der Waals surface area contributed by atoms with Gasteiger partial charge in [0.25, 0.3) is 0 Å². The smallest absolute Gasteiger partial charge is 0.244 e. The van der Waals surface area contributed by atoms with E-state index in [-0.39, 0.29) is 23.5 Å². The molecule has 4 rings (SSSR count). The largest absolute Gasteiger partial charge is 0.507 e. The summed E-state index contributed by atoms with van der Waals surface area (Å²) in [6.07, 6.45) is 0.488. The van der Waals surface area contributed by atoms with Crippen molar-refractivity contribution in [3.8, 4) is 5.75 Å². The number of carbonyl (C=O) groups excluding carboxylic acids is 1. The number of carbonyl (C=O) groups is 1. The van der Waals surface area contributed by atoms with Gasteiger partial charge in [-0.3, -0.25) is 4.79 Å². The number of hydrazine groups is 1. The molecule has 1 fully saturated rings. The maximum Gasteiger partial charge on any atom is 0.244 e. The Kier molecular flexibility index (Phi) is 4.55. The number of anilines is 1. The molecule has 6 nitrogen and oxygen atoms in total. The van der Waals surface area contributed by atoms with Crippen molar-refractivity contribution in [3.63, 3.8) is 0 Å². The number of rotatable bonds is 3. The number of hydrogen-bond acceptors (Lipinski definition) is 6. The molecule has 1 saturated heterocycles. The van der Waals surface area contributed by atoms with E-state index >= 15 is 0 Å². The second-order valence-electron chi connectivity index (χ2n) is 6.77. The lowest BCUT2D eigenvalue weighted by Gasteiger charge is -2.14. The number of aromatic hydroxyl groups is 1. The van der Waals surface area contributed by atoms with E-state index in [1.165, 1.54) is 23.5 Å². The highest BCUT2D eigenvalue weighted by Crippen LogP contribution is 2.33. The van der Waals surface area contributed by atoms with Crippen LogP contribution in [0.2, 0.25) is 0 Å². The van der Waals surface area contributed by atoms with E-state index in [0.717, 1.165) is 16.7 Å². The summed E-state index contributed by atoms with van der Waals surface area (Å²) >= 11 is 1.23. The molecular formula is C19H19FN4O2S. The van der Waals surface area contributed by atoms with Crippen molar-refractivity contribution < 1.29 is 14.3 Å². The fourth-order valence-corrected chi connectivity index (χ4v) is 4.23. The molecule has 1 aliphatic rings. The van der Waals surface area contributed by atoms with Crippen LogP contribution < -0.4 is 16.2 Å². The van der Waals surface area contributed by atoms with Crippen molar-refractivity contribution in [1.82, 2.24) is 15.8 Å². The fraction of sp³-hybridized carbons (Fsp3) is 0.263. The third-order valence-electron chi connectivity index (χ3n) is 4.65. The Labute approximate surface area is 159 Å². The van der Waals surface area contributed by atoms with Gasteiger partial charge in [0.1, 0.15) is 17.6 Å². The Morgan fingerprint density at radius 3 is 2.93 bits per heavy atom. The number of aromatic nitrogens is 1. The van der Waals surface area contributed by atoms with E-state index in [4.69, 9.17) is 0 Å². The SMILES string of the molecule is Cc1cc(C)c(O)c(C2CC(C(=O)Nc3nc4ccc(F)cc4s3)NN2)c1. The molecule has 2 aromatic carbocycles. The number of nitrogens with one attached hydrogen (secondary N) is 3. The Balaban J connectivity index is 1.47. The average molecular weight is 386 g/mol. The summed E-state index contributed by atoms with van der Waals surface area (Å²) < 4.78 is 14.0. The lowest BCUT2D eigenvalue weighted by atomic mass is 9.96. The highest BCUT2D eigenvalue weighted by atomic mass is 32.1. The van der Waals surface area contributed by atoms with Gasteiger partial charge in [-0.1, -0.05) is 29.0 Å². The number of hydrogen-bond donors (Lipinski definition) is 4. The lowest BCUT2D eigenvalue weighted by molar-refractivity contribution is -0.117. The predicted molar refractivity (Wildman–Crippen MR) is 103 cm³/mol. The minimum Gasteiger partial charge on any atom is -0.507 e. The van der Waals surface area contributed by atoms with E-state index < -0.39 is 6.04 Å². The minimum absolute atomic E-state index is 0.177. The first-order valence-electron chi connectivity index (χ1n) is 8.59. The van der Waals surface area contributed by atoms with E-state index in [0.29, 0.717) is 21.8 Å². The molecule has 1 aliphatic heterocycles. The number of thiazole rings is 1. The van der Waals surface area contributed by atoms with Crippen molar-refractivity contribution in [3.05, 3.63) is 52.8 Å². The molecule has 0 radical (unpaired) electrons. The van der Waals surface area contributed by atoms with Gasteiger partial charge < -0.3 is 10.4 Å². The molecule has 2 unspecified atom stereocenters. The number of amides is 1. The molecule has 140 valence electrons. The second-order valence-corrected chi connectivity index (χ2v) is 7.80. The van der Waals surface area contributed by atoms with Crippen LogP contribution in [0.5, 0.6) is 5.75 Å². The van der Waals surface area contributed by atoms with Gasteiger partial charge in [0.2, 0.25) is 5.91 Å². The fourth-order valence-electron chi connectivity index (χ4n) is 3.33. The van der Waals surface area contributed by atoms with E-state index in [1.54, 1.807) is 6.07 Å². The van der Waals surface area contributed by atoms with Crippen molar-refractivity contribution in [2.24, 2.45) is 0 Å². The molecule has 1 aromatic heterocycles. The first-order chi connectivity index (χ1) is 12.9. The maximum absolute atomic E-state index is 13.3. The van der Waals surface area contributed by atoms with Crippen LogP contribution in [-0.2, 0) is 4.79 Å². The Morgan fingerprint density at radius 1 is 1.30 bits per heavy atom. The van der Waals surface area contributed by atoms with Gasteiger partial charge in [-0.25, -0.2) is 20.2 Å². The van der Waals surface area contributed by atoms with Crippen LogP contribution in [0.3, 0.4) is 0 Å². The van der Waals surface area contributed by atoms with Gasteiger partial charge in [0, 0.05) is 5.56 Å². The van der Waals surface area contributed by atoms with Gasteiger partial charge in [-0.15, -0.1) is 0 Å². The number of phenols is 1. The first-order valence-corrected chi connectivity index (χ1v) is 9.40. The Bertz CT molecular complexity index is 1040. The van der Waals surface area contributed by atoms with E-state index in [9.17, 15) is 14.3 Å². The highest BCUT2D eigenvalue weighted by Gasteiger charge is 2.32. The summed E-state index contributed by atoms with van der Waals surface area (Å²) in [5, 5.41) is 13.6. The molecule has 2 atom stereocenters. The topological polar surface area (TPSA) is 86.3 Å². The highest BCUT2D eigenvalue weighted by molar-refractivity contribution is 7.22. The van der Waals surface area contributed by atoms with Gasteiger partial charge >= 0.3 is 0 Å². The number of phenolic OH excluding ortho intramolecular Hbond substituents is 1. The number of fused-ring (bicyclic) bond motifs is 1. The molecule has 8 heteroatoms. The summed E-state index contributed by atoms with van der Waals surface area (Å²) in [7, 11) is 0. The van der Waals surface area contributed by atoms with E-state index in [2.05, 4.69) is 21.2 Å². The summed E-state index contributed by atoms with van der Waals surface area (Å²) in [5.74, 6) is -0.315. The van der Waals surface area contributed by atoms with Gasteiger partial charge in [0.15, 0.2) is 5.13 Å². The second kappa shape index (κ2) is 6.88. The van der Waals surface area contributed by atoms with Crippen molar-refractivity contribution in [1.29, 1.82) is 0 Å². The maximum atomic E-state index is 13.3. The van der Waals surface area contributed by atoms with Crippen LogP contribution in [-0.4, -0.2) is 22.0 Å². The summed E-state index contributed by atoms with van der Waals surface area (Å²) in [6.45, 7) is 3.83. The zero-order valence-corrected chi connectivity index (χ0v) is 15.7. The normalized spacial score (nSPS) is 19.5. The molecule has 2 heterocycles. The molecular weight excluding hydrogens is 367 g/mol. The number of nitrogens with zero attached hydrogens (tertiary/aromatic N) is 1. The molecule has 0 bridgehead atoms. The summed E-state index contributed by atoms with van der Waals surface area (Å²) in [6, 6.07) is 7.52. The Morgan fingerprint density at radius 2 is 2.11 bits per heavy atom. The monoisotopic (exact) mass is 386 g/mol. The first kappa shape index (κ1) is 17.8. The quantitative estimate of drug-likeness (QED) is 0.555. The molecule has 0 saturated carbocycles. The molecule has 27 heavy (non-hydrogen) atoms. The van der Waals surface area contributed by atoms with Crippen LogP contribution in [0, 0.1) is 19.7 Å². The zero-order valence-electron chi connectivity index (χ0n) is 14.8. The van der Waals surface area contributed by atoms with Gasteiger partial charge in [0.05, 0.1) is 16.3 Å². The predicted octanol–water partition coefficient (Wildman–Crippen LogP) is 3.30. The third kappa shape index (κ3) is 3.51. The van der Waals surface area contributed by atoms with Crippen molar-refractivity contribution >= 4 is 32.6 Å². The lowest BCUT2D eigenvalue weighted by Crippen LogP contribution is -2.39. The van der Waals surface area contributed by atoms with Crippen LogP contribution >= 0.6 is 11.3 Å². The van der Waals surface area contributed by atoms with Crippen LogP contribution in [0.1, 0.15) is 29.2 Å². The standard InChI is InChI=1S/C19H19FN4O2S/c1-9-5-10(2)17(25)12(6-9)14-8-15(24-23-14)18(26)22-19-21-13-4-3-11(20)7-16(13)27-19/h3-7,14-15,23-25H,8H2,1-2H3,(H,21,22,26). The van der Waals surface area contributed by atoms with Crippen LogP contribution in [0.15, 0.2) is 30.3 Å². The van der Waals surface area contributed by atoms with Crippen molar-refractivity contribution in [2.75, 3.05) is 5.32 Å². The van der Waals surface area contributed by atoms with Crippen LogP contribution in [0.25, 0.3) is 10.2 Å². The summed E-state index contributed by atoms with van der Waals surface area (Å²) in [5.41, 5.74) is 9.33. The minimum atomic E-state index is -0.473. The van der Waals surface area contributed by atoms with E-state index in [1.807, 2.05) is 26.0 Å². The number of benzene rings is 2. The Hall–Kier alpha value is -2.55. The van der Waals surface area contributed by atoms with Gasteiger partial charge in [-0.05, 0) is 44.0 Å². The van der Waals surface area contributed by atoms with Gasteiger partial charge in [-0.2, -0.15) is 0 Å². The molecule has 0 spiro atoms. The summed E-state index contributed by atoms with van der Waals surface area (Å²) in [4.78, 5) is 16.9. The number of aryl methyl sites for hydroxylation is 2. The average Bonchev–Trinajstić information content (AvgIpc) is 3.24. The third-order valence-corrected chi connectivity index (χ3v) is 5.58. The van der Waals surface area contributed by atoms with Crippen LogP contribution in [0.4, 0.5) is 9.52 Å². The zero-order chi connectivity index (χ0) is 19.1. The van der Waals surface area contributed by atoms with Crippen molar-refractivity contribution in [2.45, 2.75) is 32.4 Å². The molecule has 1 amide bonds. The molecule has 0 aliphatic carbocycles. The molecule has 4 N–H and O–H groups in total. The number of halogens is 1.